The summed E-state index contributed by atoms with van der Waals surface area (Å²) in [6, 6.07) is 15.9. The van der Waals surface area contributed by atoms with Crippen molar-refractivity contribution >= 4 is 18.0 Å². The highest BCUT2D eigenvalue weighted by Crippen LogP contribution is 2.44. The van der Waals surface area contributed by atoms with E-state index in [0.29, 0.717) is 12.8 Å². The summed E-state index contributed by atoms with van der Waals surface area (Å²) in [7, 11) is 0. The molecule has 0 aromatic heterocycles. The Morgan fingerprint density at radius 2 is 1.64 bits per heavy atom. The monoisotopic (exact) mass is 452 g/mol. The van der Waals surface area contributed by atoms with Gasteiger partial charge in [0.2, 0.25) is 5.91 Å². The number of ether oxygens (including phenoxy) is 1. The van der Waals surface area contributed by atoms with Crippen LogP contribution < -0.4 is 10.6 Å². The number of aliphatic hydroxyl groups is 1. The number of carboxylic acid groups (broad SMARTS) is 1. The summed E-state index contributed by atoms with van der Waals surface area (Å²) in [5.74, 6) is -2.02. The molecule has 1 fully saturated rings. The average molecular weight is 453 g/mol. The summed E-state index contributed by atoms with van der Waals surface area (Å²) in [5.41, 5.74) is 4.58. The van der Waals surface area contributed by atoms with Crippen LogP contribution in [0.3, 0.4) is 0 Å². The molecule has 8 nitrogen and oxygen atoms in total. The van der Waals surface area contributed by atoms with Crippen molar-refractivity contribution in [1.82, 2.24) is 10.6 Å². The van der Waals surface area contributed by atoms with E-state index in [9.17, 15) is 19.5 Å². The molecule has 3 unspecified atom stereocenters. The molecule has 33 heavy (non-hydrogen) atoms. The predicted octanol–water partition coefficient (Wildman–Crippen LogP) is 2.65. The van der Waals surface area contributed by atoms with Crippen LogP contribution in [0.2, 0.25) is 0 Å². The molecule has 2 aromatic carbocycles. The Hall–Kier alpha value is -3.39. The number of carboxylic acids is 1. The molecule has 0 aliphatic heterocycles. The van der Waals surface area contributed by atoms with E-state index in [-0.39, 0.29) is 37.4 Å². The van der Waals surface area contributed by atoms with Crippen LogP contribution in [-0.2, 0) is 14.3 Å². The van der Waals surface area contributed by atoms with E-state index in [1.54, 1.807) is 0 Å². The minimum Gasteiger partial charge on any atom is -0.479 e. The number of benzene rings is 2. The van der Waals surface area contributed by atoms with E-state index < -0.39 is 24.1 Å². The second-order valence-electron chi connectivity index (χ2n) is 8.55. The number of alkyl carbamates (subject to hydrolysis) is 1. The van der Waals surface area contributed by atoms with Crippen LogP contribution in [0.25, 0.3) is 11.1 Å². The third-order valence-corrected chi connectivity index (χ3v) is 6.50. The topological polar surface area (TPSA) is 125 Å². The van der Waals surface area contributed by atoms with Crippen LogP contribution in [0.15, 0.2) is 48.5 Å². The molecule has 1 saturated carbocycles. The van der Waals surface area contributed by atoms with Gasteiger partial charge < -0.3 is 25.6 Å². The summed E-state index contributed by atoms with van der Waals surface area (Å²) >= 11 is 0. The number of carbonyl (C=O) groups excluding carboxylic acids is 2. The van der Waals surface area contributed by atoms with Crippen molar-refractivity contribution in [2.45, 2.75) is 43.7 Å². The Balaban J connectivity index is 1.31. The zero-order valence-corrected chi connectivity index (χ0v) is 18.2. The summed E-state index contributed by atoms with van der Waals surface area (Å²) in [4.78, 5) is 35.7. The third kappa shape index (κ3) is 5.01. The molecule has 0 heterocycles. The first-order valence-electron chi connectivity index (χ1n) is 11.3. The molecule has 2 amide bonds. The van der Waals surface area contributed by atoms with Gasteiger partial charge in [-0.15, -0.1) is 0 Å². The van der Waals surface area contributed by atoms with Crippen LogP contribution in [0, 0.1) is 5.92 Å². The van der Waals surface area contributed by atoms with Crippen molar-refractivity contribution in [3.05, 3.63) is 59.7 Å². The highest BCUT2D eigenvalue weighted by molar-refractivity contribution is 5.81. The van der Waals surface area contributed by atoms with Crippen LogP contribution in [0.4, 0.5) is 4.79 Å². The van der Waals surface area contributed by atoms with Gasteiger partial charge in [0, 0.05) is 24.9 Å². The van der Waals surface area contributed by atoms with Gasteiger partial charge >= 0.3 is 12.1 Å². The fraction of sp³-hybridized carbons (Fsp3) is 0.400. The van der Waals surface area contributed by atoms with E-state index >= 15 is 0 Å². The number of aliphatic carboxylic acids is 1. The largest absolute Gasteiger partial charge is 0.479 e. The number of hydrogen-bond donors (Lipinski definition) is 4. The summed E-state index contributed by atoms with van der Waals surface area (Å²) in [6.07, 6.45) is -0.0455. The maximum Gasteiger partial charge on any atom is 0.407 e. The molecule has 0 spiro atoms. The van der Waals surface area contributed by atoms with Crippen LogP contribution in [0.1, 0.15) is 42.7 Å². The molecule has 8 heteroatoms. The number of rotatable bonds is 8. The molecule has 2 aliphatic carbocycles. The molecular formula is C25H28N2O6. The lowest BCUT2D eigenvalue weighted by molar-refractivity contribution is -0.147. The molecule has 4 rings (SSSR count). The number of nitrogens with one attached hydrogen (secondary N) is 2. The second kappa shape index (κ2) is 10.0. The molecule has 2 aliphatic rings. The van der Waals surface area contributed by atoms with Gasteiger partial charge in [0.15, 0.2) is 6.10 Å². The van der Waals surface area contributed by atoms with Crippen LogP contribution >= 0.6 is 0 Å². The fourth-order valence-corrected chi connectivity index (χ4v) is 4.82. The van der Waals surface area contributed by atoms with E-state index in [1.807, 2.05) is 24.3 Å². The Labute approximate surface area is 192 Å². The Morgan fingerprint density at radius 1 is 1.00 bits per heavy atom. The zero-order chi connectivity index (χ0) is 23.4. The van der Waals surface area contributed by atoms with Crippen molar-refractivity contribution in [1.29, 1.82) is 0 Å². The van der Waals surface area contributed by atoms with Crippen molar-refractivity contribution in [3.8, 4) is 11.1 Å². The van der Waals surface area contributed by atoms with Crippen molar-refractivity contribution in [2.24, 2.45) is 5.92 Å². The summed E-state index contributed by atoms with van der Waals surface area (Å²) in [6.45, 7) is 0.261. The quantitative estimate of drug-likeness (QED) is 0.488. The van der Waals surface area contributed by atoms with E-state index in [1.165, 1.54) is 0 Å². The smallest absolute Gasteiger partial charge is 0.407 e. The minimum absolute atomic E-state index is 0.0357. The van der Waals surface area contributed by atoms with Gasteiger partial charge in [-0.1, -0.05) is 55.0 Å². The lowest BCUT2D eigenvalue weighted by atomic mass is 9.98. The highest BCUT2D eigenvalue weighted by atomic mass is 16.5. The normalized spacial score (nSPS) is 19.9. The number of aliphatic hydroxyl groups excluding tert-OH is 1. The lowest BCUT2D eigenvalue weighted by Gasteiger charge is -2.21. The molecule has 174 valence electrons. The molecule has 4 N–H and O–H groups in total. The number of carbonyl (C=O) groups is 3. The Morgan fingerprint density at radius 3 is 2.27 bits per heavy atom. The Kier molecular flexibility index (Phi) is 6.93. The molecule has 3 atom stereocenters. The predicted molar refractivity (Wildman–Crippen MR) is 121 cm³/mol. The van der Waals surface area contributed by atoms with Crippen molar-refractivity contribution in [3.63, 3.8) is 0 Å². The van der Waals surface area contributed by atoms with E-state index in [0.717, 1.165) is 28.7 Å². The SMILES string of the molecule is O=C(NC1CCCC1C(=O)NCCC(O)C(=O)O)OCC1c2ccccc2-c2ccccc21. The van der Waals surface area contributed by atoms with Crippen LogP contribution in [0.5, 0.6) is 0 Å². The number of fused-ring (bicyclic) bond motifs is 3. The maximum atomic E-state index is 12.6. The molecule has 0 saturated heterocycles. The van der Waals surface area contributed by atoms with Gasteiger partial charge in [0.25, 0.3) is 0 Å². The first kappa shape index (κ1) is 22.8. The summed E-state index contributed by atoms with van der Waals surface area (Å²) in [5, 5.41) is 23.5. The summed E-state index contributed by atoms with van der Waals surface area (Å²) < 4.78 is 5.59. The van der Waals surface area contributed by atoms with Gasteiger partial charge in [-0.3, -0.25) is 4.79 Å². The first-order chi connectivity index (χ1) is 16.0. The standard InChI is InChI=1S/C25H28N2O6/c28-22(24(30)31)12-13-26-23(29)19-10-5-11-21(19)27-25(32)33-14-20-17-8-3-1-6-15(17)16-7-2-4-9-18(16)20/h1-4,6-9,19-22,28H,5,10-14H2,(H,26,29)(H,27,32)(H,30,31). The van der Waals surface area contributed by atoms with E-state index in [4.69, 9.17) is 9.84 Å². The van der Waals surface area contributed by atoms with Gasteiger partial charge in [0.05, 0.1) is 5.92 Å². The van der Waals surface area contributed by atoms with Gasteiger partial charge in [-0.05, 0) is 35.1 Å². The lowest BCUT2D eigenvalue weighted by Crippen LogP contribution is -2.45. The molecule has 0 radical (unpaired) electrons. The fourth-order valence-electron chi connectivity index (χ4n) is 4.82. The van der Waals surface area contributed by atoms with Gasteiger partial charge in [-0.2, -0.15) is 0 Å². The number of hydrogen-bond acceptors (Lipinski definition) is 5. The van der Waals surface area contributed by atoms with Crippen molar-refractivity contribution in [2.75, 3.05) is 13.2 Å². The van der Waals surface area contributed by atoms with Crippen molar-refractivity contribution < 1.29 is 29.3 Å². The molecular weight excluding hydrogens is 424 g/mol. The average Bonchev–Trinajstić information content (AvgIpc) is 3.40. The third-order valence-electron chi connectivity index (χ3n) is 6.50. The molecule has 2 aromatic rings. The van der Waals surface area contributed by atoms with Crippen LogP contribution in [-0.4, -0.2) is 53.5 Å². The maximum absolute atomic E-state index is 12.6. The van der Waals surface area contributed by atoms with E-state index in [2.05, 4.69) is 34.9 Å². The second-order valence-corrected chi connectivity index (χ2v) is 8.55. The highest BCUT2D eigenvalue weighted by Gasteiger charge is 2.35. The minimum atomic E-state index is -1.51. The first-order valence-corrected chi connectivity index (χ1v) is 11.3. The zero-order valence-electron chi connectivity index (χ0n) is 18.2. The van der Waals surface area contributed by atoms with Gasteiger partial charge in [0.1, 0.15) is 6.61 Å². The number of amides is 2. The Bertz CT molecular complexity index is 994. The van der Waals surface area contributed by atoms with Gasteiger partial charge in [-0.25, -0.2) is 9.59 Å². The molecule has 0 bridgehead atoms.